The predicted octanol–water partition coefficient (Wildman–Crippen LogP) is 2.11. The molecule has 0 amide bonds. The third kappa shape index (κ3) is 6.03. The van der Waals surface area contributed by atoms with Crippen LogP contribution < -0.4 is 0 Å². The summed E-state index contributed by atoms with van der Waals surface area (Å²) < 4.78 is 0. The Balaban J connectivity index is 1.94. The zero-order chi connectivity index (χ0) is 16.9. The normalized spacial score (nSPS) is 20.8. The zero-order valence-electron chi connectivity index (χ0n) is 14.8. The second-order valence-electron chi connectivity index (χ2n) is 7.51. The van der Waals surface area contributed by atoms with Crippen LogP contribution in [0.2, 0.25) is 0 Å². The highest BCUT2D eigenvalue weighted by atomic mass is 32.2. The molecule has 1 unspecified atom stereocenters. The van der Waals surface area contributed by atoms with E-state index in [1.165, 1.54) is 0 Å². The van der Waals surface area contributed by atoms with Gasteiger partial charge in [0, 0.05) is 63.3 Å². The summed E-state index contributed by atoms with van der Waals surface area (Å²) in [6.45, 7) is 12.2. The fraction of sp³-hybridized carbons (Fsp3) is 0.765. The summed E-state index contributed by atoms with van der Waals surface area (Å²) in [7, 11) is 0. The third-order valence-corrected chi connectivity index (χ3v) is 4.67. The number of rotatable bonds is 6. The molecule has 1 aliphatic rings. The summed E-state index contributed by atoms with van der Waals surface area (Å²) in [6, 6.07) is 0.430. The second kappa shape index (κ2) is 8.42. The van der Waals surface area contributed by atoms with Crippen molar-refractivity contribution in [2.75, 3.05) is 39.0 Å². The van der Waals surface area contributed by atoms with Crippen LogP contribution in [0, 0.1) is 5.41 Å². The lowest BCUT2D eigenvalue weighted by Gasteiger charge is -2.43. The second-order valence-corrected chi connectivity index (χ2v) is 8.28. The standard InChI is InChI=1S/C17H30N4OS/c1-17(2,3)13-21-7-6-20(12-15(21)5-8-22)11-14-9-18-16(23-4)19-10-14/h9-10,15,22H,5-8,11-13H2,1-4H3. The lowest BCUT2D eigenvalue weighted by Crippen LogP contribution is -2.54. The number of aliphatic hydroxyl groups excluding tert-OH is 1. The van der Waals surface area contributed by atoms with Gasteiger partial charge in [0.15, 0.2) is 5.16 Å². The molecule has 0 saturated carbocycles. The molecule has 1 saturated heterocycles. The monoisotopic (exact) mass is 338 g/mol. The molecule has 1 atom stereocenters. The molecular formula is C17H30N4OS. The van der Waals surface area contributed by atoms with Gasteiger partial charge < -0.3 is 5.11 Å². The Morgan fingerprint density at radius 1 is 1.26 bits per heavy atom. The number of aromatic nitrogens is 2. The van der Waals surface area contributed by atoms with E-state index in [9.17, 15) is 5.11 Å². The van der Waals surface area contributed by atoms with E-state index in [-0.39, 0.29) is 12.0 Å². The molecule has 1 aromatic heterocycles. The molecular weight excluding hydrogens is 308 g/mol. The molecule has 1 aromatic rings. The first-order valence-corrected chi connectivity index (χ1v) is 9.56. The van der Waals surface area contributed by atoms with Crippen molar-refractivity contribution in [3.8, 4) is 0 Å². The van der Waals surface area contributed by atoms with Gasteiger partial charge in [0.1, 0.15) is 0 Å². The first-order chi connectivity index (χ1) is 10.9. The van der Waals surface area contributed by atoms with E-state index in [0.29, 0.717) is 6.04 Å². The van der Waals surface area contributed by atoms with Gasteiger partial charge in [-0.25, -0.2) is 9.97 Å². The first kappa shape index (κ1) is 18.6. The molecule has 1 fully saturated rings. The zero-order valence-corrected chi connectivity index (χ0v) is 15.6. The maximum absolute atomic E-state index is 9.40. The van der Waals surface area contributed by atoms with E-state index < -0.39 is 0 Å². The molecule has 1 aliphatic heterocycles. The Labute approximate surface area is 144 Å². The minimum atomic E-state index is 0.255. The molecule has 0 aliphatic carbocycles. The van der Waals surface area contributed by atoms with Gasteiger partial charge in [0.05, 0.1) is 0 Å². The van der Waals surface area contributed by atoms with E-state index >= 15 is 0 Å². The van der Waals surface area contributed by atoms with Gasteiger partial charge in [0.25, 0.3) is 0 Å². The van der Waals surface area contributed by atoms with E-state index in [2.05, 4.69) is 40.5 Å². The highest BCUT2D eigenvalue weighted by Crippen LogP contribution is 2.22. The summed E-state index contributed by atoms with van der Waals surface area (Å²) in [5.41, 5.74) is 1.45. The van der Waals surface area contributed by atoms with Gasteiger partial charge in [-0.1, -0.05) is 32.5 Å². The van der Waals surface area contributed by atoms with Crippen molar-refractivity contribution in [1.29, 1.82) is 0 Å². The van der Waals surface area contributed by atoms with Crippen LogP contribution in [-0.4, -0.2) is 70.0 Å². The lowest BCUT2D eigenvalue weighted by atomic mass is 9.94. The Morgan fingerprint density at radius 3 is 2.52 bits per heavy atom. The maximum atomic E-state index is 9.40. The quantitative estimate of drug-likeness (QED) is 0.633. The lowest BCUT2D eigenvalue weighted by molar-refractivity contribution is 0.0339. The van der Waals surface area contributed by atoms with Crippen LogP contribution in [0.4, 0.5) is 0 Å². The minimum Gasteiger partial charge on any atom is -0.396 e. The molecule has 0 bridgehead atoms. The number of hydrogen-bond acceptors (Lipinski definition) is 6. The summed E-state index contributed by atoms with van der Waals surface area (Å²) in [5.74, 6) is 0. The van der Waals surface area contributed by atoms with Crippen molar-refractivity contribution >= 4 is 11.8 Å². The molecule has 2 heterocycles. The summed E-state index contributed by atoms with van der Waals surface area (Å²) in [6.07, 6.45) is 6.69. The van der Waals surface area contributed by atoms with Gasteiger partial charge in [-0.3, -0.25) is 9.80 Å². The molecule has 0 aromatic carbocycles. The average Bonchev–Trinajstić information content (AvgIpc) is 2.50. The third-order valence-electron chi connectivity index (χ3n) is 4.10. The van der Waals surface area contributed by atoms with E-state index in [0.717, 1.165) is 49.9 Å². The van der Waals surface area contributed by atoms with Crippen molar-refractivity contribution < 1.29 is 5.11 Å². The Kier molecular flexibility index (Phi) is 6.83. The first-order valence-electron chi connectivity index (χ1n) is 8.33. The van der Waals surface area contributed by atoms with Gasteiger partial charge >= 0.3 is 0 Å². The number of piperazine rings is 1. The van der Waals surface area contributed by atoms with Crippen molar-refractivity contribution in [3.63, 3.8) is 0 Å². The minimum absolute atomic E-state index is 0.255. The smallest absolute Gasteiger partial charge is 0.187 e. The SMILES string of the molecule is CSc1ncc(CN2CCN(CC(C)(C)C)C(CCO)C2)cn1. The number of hydrogen-bond donors (Lipinski definition) is 1. The van der Waals surface area contributed by atoms with Gasteiger partial charge in [-0.15, -0.1) is 0 Å². The van der Waals surface area contributed by atoms with Crippen LogP contribution in [0.25, 0.3) is 0 Å². The molecule has 23 heavy (non-hydrogen) atoms. The van der Waals surface area contributed by atoms with Gasteiger partial charge in [0.2, 0.25) is 0 Å². The number of nitrogens with zero attached hydrogens (tertiary/aromatic N) is 4. The predicted molar refractivity (Wildman–Crippen MR) is 95.6 cm³/mol. The largest absolute Gasteiger partial charge is 0.396 e. The van der Waals surface area contributed by atoms with Crippen LogP contribution in [0.5, 0.6) is 0 Å². The van der Waals surface area contributed by atoms with Crippen molar-refractivity contribution in [3.05, 3.63) is 18.0 Å². The van der Waals surface area contributed by atoms with Gasteiger partial charge in [-0.2, -0.15) is 0 Å². The molecule has 0 spiro atoms. The van der Waals surface area contributed by atoms with Crippen LogP contribution in [-0.2, 0) is 6.54 Å². The summed E-state index contributed by atoms with van der Waals surface area (Å²) in [5, 5.41) is 10.2. The molecule has 0 radical (unpaired) electrons. The fourth-order valence-corrected chi connectivity index (χ4v) is 3.45. The van der Waals surface area contributed by atoms with Crippen LogP contribution >= 0.6 is 11.8 Å². The van der Waals surface area contributed by atoms with E-state index in [1.807, 2.05) is 18.6 Å². The Morgan fingerprint density at radius 2 is 1.96 bits per heavy atom. The van der Waals surface area contributed by atoms with Gasteiger partial charge in [-0.05, 0) is 18.1 Å². The summed E-state index contributed by atoms with van der Waals surface area (Å²) >= 11 is 1.57. The topological polar surface area (TPSA) is 52.5 Å². The molecule has 5 nitrogen and oxygen atoms in total. The van der Waals surface area contributed by atoms with E-state index in [4.69, 9.17) is 0 Å². The van der Waals surface area contributed by atoms with E-state index in [1.54, 1.807) is 11.8 Å². The Hall–Kier alpha value is -0.690. The molecule has 1 N–H and O–H groups in total. The number of aliphatic hydroxyl groups is 1. The van der Waals surface area contributed by atoms with Crippen LogP contribution in [0.1, 0.15) is 32.8 Å². The molecule has 130 valence electrons. The molecule has 2 rings (SSSR count). The summed E-state index contributed by atoms with van der Waals surface area (Å²) in [4.78, 5) is 13.7. The van der Waals surface area contributed by atoms with Crippen molar-refractivity contribution in [1.82, 2.24) is 19.8 Å². The van der Waals surface area contributed by atoms with Crippen LogP contribution in [0.3, 0.4) is 0 Å². The molecule has 6 heteroatoms. The van der Waals surface area contributed by atoms with Crippen molar-refractivity contribution in [2.45, 2.75) is 44.9 Å². The maximum Gasteiger partial charge on any atom is 0.187 e. The van der Waals surface area contributed by atoms with Crippen molar-refractivity contribution in [2.24, 2.45) is 5.41 Å². The fourth-order valence-electron chi connectivity index (χ4n) is 3.13. The highest BCUT2D eigenvalue weighted by molar-refractivity contribution is 7.98. The average molecular weight is 339 g/mol. The van der Waals surface area contributed by atoms with Crippen LogP contribution in [0.15, 0.2) is 17.6 Å². The Bertz CT molecular complexity index is 474. The number of thioether (sulfide) groups is 1. The highest BCUT2D eigenvalue weighted by Gasteiger charge is 2.29.